The molecule has 0 radical (unpaired) electrons. The summed E-state index contributed by atoms with van der Waals surface area (Å²) in [5.74, 6) is 0. The van der Waals surface area contributed by atoms with E-state index < -0.39 is 0 Å². The third-order valence-corrected chi connectivity index (χ3v) is 2.46. The highest BCUT2D eigenvalue weighted by molar-refractivity contribution is 5.14. The zero-order valence-electron chi connectivity index (χ0n) is 10.2. The molecule has 3 N–H and O–H groups in total. The third-order valence-electron chi connectivity index (χ3n) is 2.46. The van der Waals surface area contributed by atoms with Crippen LogP contribution >= 0.6 is 0 Å². The number of nitrogens with zero attached hydrogens (tertiary/aromatic N) is 1. The normalized spacial score (nSPS) is 16.4. The second kappa shape index (κ2) is 8.28. The van der Waals surface area contributed by atoms with Gasteiger partial charge in [-0.05, 0) is 12.1 Å². The van der Waals surface area contributed by atoms with E-state index in [0.29, 0.717) is 0 Å². The van der Waals surface area contributed by atoms with Crippen molar-refractivity contribution in [3.63, 3.8) is 0 Å². The van der Waals surface area contributed by atoms with E-state index in [-0.39, 0.29) is 0 Å². The molecule has 3 nitrogen and oxygen atoms in total. The van der Waals surface area contributed by atoms with Crippen molar-refractivity contribution in [3.8, 4) is 0 Å². The standard InChI is InChI=1S/C11H16N2.C2H7N/c1-2-4-11(5-3-1)10-13-8-6-12-7-9-13;1-2-3/h1-5,12H,6-10H2;2-3H2,1H3. The quantitative estimate of drug-likeness (QED) is 0.784. The molecule has 90 valence electrons. The molecule has 1 heterocycles. The molecule has 0 aliphatic carbocycles. The van der Waals surface area contributed by atoms with Crippen LogP contribution in [-0.2, 0) is 6.54 Å². The first-order valence-electron chi connectivity index (χ1n) is 6.04. The molecule has 0 aromatic heterocycles. The van der Waals surface area contributed by atoms with Gasteiger partial charge in [0.25, 0.3) is 0 Å². The zero-order valence-corrected chi connectivity index (χ0v) is 10.2. The monoisotopic (exact) mass is 221 g/mol. The first-order chi connectivity index (χ1) is 7.86. The van der Waals surface area contributed by atoms with Gasteiger partial charge in [0.2, 0.25) is 0 Å². The van der Waals surface area contributed by atoms with Gasteiger partial charge in [0, 0.05) is 32.7 Å². The number of benzene rings is 1. The molecule has 3 heteroatoms. The molecule has 1 aliphatic heterocycles. The third kappa shape index (κ3) is 5.26. The second-order valence-electron chi connectivity index (χ2n) is 3.92. The van der Waals surface area contributed by atoms with Crippen LogP contribution in [-0.4, -0.2) is 37.6 Å². The van der Waals surface area contributed by atoms with E-state index in [1.807, 2.05) is 6.92 Å². The van der Waals surface area contributed by atoms with Crippen LogP contribution in [0.5, 0.6) is 0 Å². The van der Waals surface area contributed by atoms with Crippen molar-refractivity contribution in [2.45, 2.75) is 13.5 Å². The van der Waals surface area contributed by atoms with Gasteiger partial charge in [-0.25, -0.2) is 0 Å². The molecule has 1 aromatic carbocycles. The molecule has 1 aliphatic rings. The Bertz CT molecular complexity index is 255. The van der Waals surface area contributed by atoms with Gasteiger partial charge in [0.1, 0.15) is 0 Å². The summed E-state index contributed by atoms with van der Waals surface area (Å²) >= 11 is 0. The van der Waals surface area contributed by atoms with Gasteiger partial charge in [-0.2, -0.15) is 0 Å². The number of nitrogens with two attached hydrogens (primary N) is 1. The Morgan fingerprint density at radius 1 is 1.19 bits per heavy atom. The summed E-state index contributed by atoms with van der Waals surface area (Å²) in [6.07, 6.45) is 0. The predicted octanol–water partition coefficient (Wildman–Crippen LogP) is 1.06. The molecular weight excluding hydrogens is 198 g/mol. The number of hydrogen-bond acceptors (Lipinski definition) is 3. The lowest BCUT2D eigenvalue weighted by molar-refractivity contribution is 0.233. The Hall–Kier alpha value is -0.900. The summed E-state index contributed by atoms with van der Waals surface area (Å²) in [5.41, 5.74) is 6.27. The van der Waals surface area contributed by atoms with Gasteiger partial charge in [0.15, 0.2) is 0 Å². The van der Waals surface area contributed by atoms with Gasteiger partial charge in [-0.3, -0.25) is 4.90 Å². The van der Waals surface area contributed by atoms with Crippen molar-refractivity contribution in [2.75, 3.05) is 32.7 Å². The summed E-state index contributed by atoms with van der Waals surface area (Å²) in [4.78, 5) is 2.49. The van der Waals surface area contributed by atoms with Crippen LogP contribution in [0.15, 0.2) is 30.3 Å². The molecule has 0 atom stereocenters. The average Bonchev–Trinajstić information content (AvgIpc) is 2.33. The lowest BCUT2D eigenvalue weighted by atomic mass is 10.2. The van der Waals surface area contributed by atoms with Crippen LogP contribution in [0.1, 0.15) is 12.5 Å². The van der Waals surface area contributed by atoms with Gasteiger partial charge < -0.3 is 11.1 Å². The summed E-state index contributed by atoms with van der Waals surface area (Å²) < 4.78 is 0. The maximum atomic E-state index is 4.85. The minimum absolute atomic E-state index is 0.750. The second-order valence-corrected chi connectivity index (χ2v) is 3.92. The fourth-order valence-electron chi connectivity index (χ4n) is 1.71. The van der Waals surface area contributed by atoms with Crippen molar-refractivity contribution in [2.24, 2.45) is 5.73 Å². The molecule has 0 unspecified atom stereocenters. The number of hydrogen-bond donors (Lipinski definition) is 2. The fraction of sp³-hybridized carbons (Fsp3) is 0.538. The van der Waals surface area contributed by atoms with E-state index in [2.05, 4.69) is 40.5 Å². The van der Waals surface area contributed by atoms with E-state index in [0.717, 1.165) is 26.2 Å². The SMILES string of the molecule is CCN.c1ccc(CN2CCNCC2)cc1. The minimum Gasteiger partial charge on any atom is -0.331 e. The largest absolute Gasteiger partial charge is 0.331 e. The molecule has 0 spiro atoms. The van der Waals surface area contributed by atoms with Crippen molar-refractivity contribution < 1.29 is 0 Å². The fourth-order valence-corrected chi connectivity index (χ4v) is 1.71. The van der Waals surface area contributed by atoms with Crippen LogP contribution in [0, 0.1) is 0 Å². The van der Waals surface area contributed by atoms with E-state index >= 15 is 0 Å². The van der Waals surface area contributed by atoms with E-state index in [4.69, 9.17) is 5.73 Å². The maximum Gasteiger partial charge on any atom is 0.0234 e. The van der Waals surface area contributed by atoms with Gasteiger partial charge in [0.05, 0.1) is 0 Å². The van der Waals surface area contributed by atoms with Gasteiger partial charge >= 0.3 is 0 Å². The van der Waals surface area contributed by atoms with Crippen LogP contribution in [0.2, 0.25) is 0 Å². The Balaban J connectivity index is 0.000000386. The highest BCUT2D eigenvalue weighted by atomic mass is 15.2. The number of piperazine rings is 1. The maximum absolute atomic E-state index is 4.85. The topological polar surface area (TPSA) is 41.3 Å². The molecule has 16 heavy (non-hydrogen) atoms. The van der Waals surface area contributed by atoms with E-state index in [9.17, 15) is 0 Å². The summed E-state index contributed by atoms with van der Waals surface area (Å²) in [5, 5.41) is 3.36. The first kappa shape index (κ1) is 13.2. The lowest BCUT2D eigenvalue weighted by Crippen LogP contribution is -2.42. The van der Waals surface area contributed by atoms with Crippen LogP contribution < -0.4 is 11.1 Å². The molecule has 1 saturated heterocycles. The minimum atomic E-state index is 0.750. The van der Waals surface area contributed by atoms with Crippen molar-refractivity contribution in [1.82, 2.24) is 10.2 Å². The number of nitrogens with one attached hydrogen (secondary N) is 1. The Labute approximate surface area is 98.6 Å². The van der Waals surface area contributed by atoms with Gasteiger partial charge in [-0.15, -0.1) is 0 Å². The Morgan fingerprint density at radius 2 is 1.75 bits per heavy atom. The van der Waals surface area contributed by atoms with Crippen LogP contribution in [0.4, 0.5) is 0 Å². The molecule has 1 aromatic rings. The summed E-state index contributed by atoms with van der Waals surface area (Å²) in [7, 11) is 0. The van der Waals surface area contributed by atoms with Crippen molar-refractivity contribution in [3.05, 3.63) is 35.9 Å². The Morgan fingerprint density at radius 3 is 2.31 bits per heavy atom. The highest BCUT2D eigenvalue weighted by Gasteiger charge is 2.08. The Kier molecular flexibility index (Phi) is 6.81. The van der Waals surface area contributed by atoms with Crippen LogP contribution in [0.25, 0.3) is 0 Å². The molecule has 0 amide bonds. The van der Waals surface area contributed by atoms with Crippen molar-refractivity contribution in [1.29, 1.82) is 0 Å². The molecule has 1 fully saturated rings. The predicted molar refractivity (Wildman–Crippen MR) is 69.3 cm³/mol. The van der Waals surface area contributed by atoms with E-state index in [1.165, 1.54) is 18.7 Å². The van der Waals surface area contributed by atoms with E-state index in [1.54, 1.807) is 0 Å². The first-order valence-corrected chi connectivity index (χ1v) is 6.04. The molecule has 0 bridgehead atoms. The number of rotatable bonds is 2. The molecule has 0 saturated carbocycles. The van der Waals surface area contributed by atoms with Gasteiger partial charge in [-0.1, -0.05) is 37.3 Å². The zero-order chi connectivity index (χ0) is 11.6. The molecular formula is C13H23N3. The smallest absolute Gasteiger partial charge is 0.0234 e. The highest BCUT2D eigenvalue weighted by Crippen LogP contribution is 2.04. The average molecular weight is 221 g/mol. The summed E-state index contributed by atoms with van der Waals surface area (Å²) in [6.45, 7) is 8.37. The summed E-state index contributed by atoms with van der Waals surface area (Å²) in [6, 6.07) is 10.7. The molecule has 2 rings (SSSR count). The van der Waals surface area contributed by atoms with Crippen molar-refractivity contribution >= 4 is 0 Å². The lowest BCUT2D eigenvalue weighted by Gasteiger charge is -2.27. The van der Waals surface area contributed by atoms with Crippen LogP contribution in [0.3, 0.4) is 0 Å².